The first-order valence-electron chi connectivity index (χ1n) is 5.07. The molecule has 0 saturated heterocycles. The van der Waals surface area contributed by atoms with Gasteiger partial charge in [0.05, 0.1) is 16.9 Å². The summed E-state index contributed by atoms with van der Waals surface area (Å²) < 4.78 is 14.5. The van der Waals surface area contributed by atoms with Gasteiger partial charge in [-0.1, -0.05) is 11.6 Å². The zero-order valence-corrected chi connectivity index (χ0v) is 9.99. The average Bonchev–Trinajstić information content (AvgIpc) is 2.69. The number of nitrogens with one attached hydrogen (secondary N) is 1. The Hall–Kier alpha value is -2.08. The normalized spacial score (nSPS) is 10.3. The maximum atomic E-state index is 13.1. The number of halogens is 2. The molecule has 1 heterocycles. The Balaban J connectivity index is 2.00. The molecule has 1 amide bonds. The molecule has 0 saturated carbocycles. The van der Waals surface area contributed by atoms with Gasteiger partial charge in [-0.3, -0.25) is 9.48 Å². The number of rotatable bonds is 3. The van der Waals surface area contributed by atoms with Gasteiger partial charge in [-0.2, -0.15) is 5.10 Å². The molecule has 5 nitrogen and oxygen atoms in total. The zero-order chi connectivity index (χ0) is 13.1. The predicted molar refractivity (Wildman–Crippen MR) is 66.7 cm³/mol. The van der Waals surface area contributed by atoms with E-state index >= 15 is 0 Å². The molecule has 0 radical (unpaired) electrons. The SMILES string of the molecule is Nc1cnn(CC(=O)Nc2ccc(Cl)c(F)c2)c1. The Labute approximate surface area is 107 Å². The number of anilines is 2. The Kier molecular flexibility index (Phi) is 3.47. The molecule has 3 N–H and O–H groups in total. The topological polar surface area (TPSA) is 72.9 Å². The van der Waals surface area contributed by atoms with Gasteiger partial charge in [-0.15, -0.1) is 0 Å². The van der Waals surface area contributed by atoms with Crippen LogP contribution in [0.25, 0.3) is 0 Å². The van der Waals surface area contributed by atoms with Gasteiger partial charge in [0.1, 0.15) is 12.4 Å². The summed E-state index contributed by atoms with van der Waals surface area (Å²) >= 11 is 5.53. The number of nitrogens with zero attached hydrogens (tertiary/aromatic N) is 2. The number of benzene rings is 1. The van der Waals surface area contributed by atoms with E-state index in [0.29, 0.717) is 11.4 Å². The van der Waals surface area contributed by atoms with Crippen molar-refractivity contribution in [1.29, 1.82) is 0 Å². The van der Waals surface area contributed by atoms with E-state index in [2.05, 4.69) is 10.4 Å². The zero-order valence-electron chi connectivity index (χ0n) is 9.23. The third-order valence-corrected chi connectivity index (χ3v) is 2.47. The standard InChI is InChI=1S/C11H10ClFN4O/c12-9-2-1-8(3-10(9)13)16-11(18)6-17-5-7(14)4-15-17/h1-5H,6,14H2,(H,16,18). The van der Waals surface area contributed by atoms with E-state index in [4.69, 9.17) is 17.3 Å². The fourth-order valence-electron chi connectivity index (χ4n) is 1.39. The summed E-state index contributed by atoms with van der Waals surface area (Å²) in [4.78, 5) is 11.6. The Morgan fingerprint density at radius 2 is 2.33 bits per heavy atom. The van der Waals surface area contributed by atoms with Gasteiger partial charge in [-0.05, 0) is 18.2 Å². The summed E-state index contributed by atoms with van der Waals surface area (Å²) in [6.07, 6.45) is 2.97. The van der Waals surface area contributed by atoms with E-state index in [1.54, 1.807) is 0 Å². The van der Waals surface area contributed by atoms with E-state index in [9.17, 15) is 9.18 Å². The van der Waals surface area contributed by atoms with Crippen molar-refractivity contribution in [3.05, 3.63) is 41.4 Å². The summed E-state index contributed by atoms with van der Waals surface area (Å²) in [6.45, 7) is 0.00143. The first kappa shape index (κ1) is 12.4. The third kappa shape index (κ3) is 2.98. The highest BCUT2D eigenvalue weighted by molar-refractivity contribution is 6.30. The highest BCUT2D eigenvalue weighted by Gasteiger charge is 2.06. The molecule has 0 bridgehead atoms. The minimum Gasteiger partial charge on any atom is -0.396 e. The van der Waals surface area contributed by atoms with Gasteiger partial charge < -0.3 is 11.1 Å². The van der Waals surface area contributed by atoms with Crippen LogP contribution in [0, 0.1) is 5.82 Å². The molecular formula is C11H10ClFN4O. The first-order valence-corrected chi connectivity index (χ1v) is 5.45. The van der Waals surface area contributed by atoms with Crippen LogP contribution in [0.3, 0.4) is 0 Å². The molecule has 7 heteroatoms. The molecule has 0 aliphatic carbocycles. The number of nitrogens with two attached hydrogens (primary N) is 1. The second kappa shape index (κ2) is 5.05. The van der Waals surface area contributed by atoms with Crippen LogP contribution in [-0.2, 0) is 11.3 Å². The quantitative estimate of drug-likeness (QED) is 0.893. The van der Waals surface area contributed by atoms with Crippen molar-refractivity contribution in [2.45, 2.75) is 6.54 Å². The number of aromatic nitrogens is 2. The summed E-state index contributed by atoms with van der Waals surface area (Å²) in [5.41, 5.74) is 6.27. The maximum absolute atomic E-state index is 13.1. The molecule has 2 aromatic rings. The number of carbonyl (C=O) groups excluding carboxylic acids is 1. The molecule has 0 atom stereocenters. The summed E-state index contributed by atoms with van der Waals surface area (Å²) in [5.74, 6) is -0.919. The number of hydrogen-bond acceptors (Lipinski definition) is 3. The van der Waals surface area contributed by atoms with Crippen LogP contribution in [0.2, 0.25) is 5.02 Å². The molecule has 0 fully saturated rings. The fraction of sp³-hybridized carbons (Fsp3) is 0.0909. The molecule has 18 heavy (non-hydrogen) atoms. The van der Waals surface area contributed by atoms with Crippen LogP contribution in [0.15, 0.2) is 30.6 Å². The highest BCUT2D eigenvalue weighted by atomic mass is 35.5. The Morgan fingerprint density at radius 3 is 2.94 bits per heavy atom. The average molecular weight is 269 g/mol. The second-order valence-electron chi connectivity index (χ2n) is 3.65. The summed E-state index contributed by atoms with van der Waals surface area (Å²) in [7, 11) is 0. The molecule has 1 aromatic heterocycles. The minimum atomic E-state index is -0.585. The lowest BCUT2D eigenvalue weighted by atomic mass is 10.3. The van der Waals surface area contributed by atoms with Gasteiger partial charge in [0.2, 0.25) is 5.91 Å². The number of nitrogen functional groups attached to an aromatic ring is 1. The highest BCUT2D eigenvalue weighted by Crippen LogP contribution is 2.18. The minimum absolute atomic E-state index is 0.00143. The molecular weight excluding hydrogens is 259 g/mol. The summed E-state index contributed by atoms with van der Waals surface area (Å²) in [6, 6.07) is 4.04. The van der Waals surface area contributed by atoms with Crippen LogP contribution in [0.4, 0.5) is 15.8 Å². The van der Waals surface area contributed by atoms with Crippen molar-refractivity contribution in [2.75, 3.05) is 11.1 Å². The lowest BCUT2D eigenvalue weighted by molar-refractivity contribution is -0.116. The smallest absolute Gasteiger partial charge is 0.246 e. The molecule has 0 spiro atoms. The fourth-order valence-corrected chi connectivity index (χ4v) is 1.51. The molecule has 1 aromatic carbocycles. The van der Waals surface area contributed by atoms with Crippen molar-refractivity contribution in [3.8, 4) is 0 Å². The van der Waals surface area contributed by atoms with Gasteiger partial charge >= 0.3 is 0 Å². The third-order valence-electron chi connectivity index (χ3n) is 2.16. The van der Waals surface area contributed by atoms with Crippen molar-refractivity contribution >= 4 is 28.9 Å². The van der Waals surface area contributed by atoms with E-state index in [1.165, 1.54) is 29.2 Å². The van der Waals surface area contributed by atoms with Gasteiger partial charge in [0, 0.05) is 11.9 Å². The molecule has 0 aliphatic rings. The van der Waals surface area contributed by atoms with Crippen LogP contribution < -0.4 is 11.1 Å². The maximum Gasteiger partial charge on any atom is 0.246 e. The van der Waals surface area contributed by atoms with Crippen molar-refractivity contribution in [1.82, 2.24) is 9.78 Å². The monoisotopic (exact) mass is 268 g/mol. The number of amides is 1. The van der Waals surface area contributed by atoms with Gasteiger partial charge in [0.15, 0.2) is 0 Å². The number of hydrogen-bond donors (Lipinski definition) is 2. The van der Waals surface area contributed by atoms with E-state index in [-0.39, 0.29) is 17.5 Å². The lowest BCUT2D eigenvalue weighted by Crippen LogP contribution is -2.19. The van der Waals surface area contributed by atoms with E-state index in [1.807, 2.05) is 0 Å². The van der Waals surface area contributed by atoms with Gasteiger partial charge in [-0.25, -0.2) is 4.39 Å². The molecule has 94 valence electrons. The van der Waals surface area contributed by atoms with Crippen LogP contribution in [0.1, 0.15) is 0 Å². The molecule has 0 unspecified atom stereocenters. The van der Waals surface area contributed by atoms with Crippen LogP contribution in [-0.4, -0.2) is 15.7 Å². The first-order chi connectivity index (χ1) is 8.54. The molecule has 0 aliphatic heterocycles. The summed E-state index contributed by atoms with van der Waals surface area (Å²) in [5, 5.41) is 6.40. The van der Waals surface area contributed by atoms with Crippen molar-refractivity contribution < 1.29 is 9.18 Å². The van der Waals surface area contributed by atoms with Crippen molar-refractivity contribution in [3.63, 3.8) is 0 Å². The lowest BCUT2D eigenvalue weighted by Gasteiger charge is -2.05. The predicted octanol–water partition coefficient (Wildman–Crippen LogP) is 1.90. The molecule has 2 rings (SSSR count). The largest absolute Gasteiger partial charge is 0.396 e. The van der Waals surface area contributed by atoms with Crippen molar-refractivity contribution in [2.24, 2.45) is 0 Å². The van der Waals surface area contributed by atoms with E-state index in [0.717, 1.165) is 6.07 Å². The van der Waals surface area contributed by atoms with Gasteiger partial charge in [0.25, 0.3) is 0 Å². The Morgan fingerprint density at radius 1 is 1.56 bits per heavy atom. The second-order valence-corrected chi connectivity index (χ2v) is 4.06. The Bertz CT molecular complexity index is 584. The number of carbonyl (C=O) groups is 1. The van der Waals surface area contributed by atoms with E-state index < -0.39 is 5.82 Å². The van der Waals surface area contributed by atoms with Crippen LogP contribution >= 0.6 is 11.6 Å². The van der Waals surface area contributed by atoms with Crippen LogP contribution in [0.5, 0.6) is 0 Å².